The standard InChI is InChI=1S/C17H16N2O2.CH5N/c1-12-7-8-16(20)10-13(12)9-14-11-18-19(17(14)21)15-5-3-2-4-6-15;1-2/h2-10,18,20H,11H2,1H3;2H2,1H3/b14-9-;. The van der Waals surface area contributed by atoms with Gasteiger partial charge in [0, 0.05) is 12.1 Å². The summed E-state index contributed by atoms with van der Waals surface area (Å²) < 4.78 is 0. The molecule has 0 atom stereocenters. The number of aryl methyl sites for hydroxylation is 1. The van der Waals surface area contributed by atoms with Crippen LogP contribution in [0.4, 0.5) is 5.69 Å². The zero-order valence-corrected chi connectivity index (χ0v) is 13.3. The van der Waals surface area contributed by atoms with Crippen LogP contribution < -0.4 is 16.2 Å². The predicted octanol–water partition coefficient (Wildman–Crippen LogP) is 2.21. The van der Waals surface area contributed by atoms with Crippen LogP contribution in [0.3, 0.4) is 0 Å². The Kier molecular flexibility index (Phi) is 5.51. The first kappa shape index (κ1) is 16.7. The number of hydrogen-bond donors (Lipinski definition) is 3. The molecule has 0 spiro atoms. The van der Waals surface area contributed by atoms with Gasteiger partial charge in [-0.25, -0.2) is 10.4 Å². The molecule has 3 rings (SSSR count). The van der Waals surface area contributed by atoms with Gasteiger partial charge in [0.15, 0.2) is 0 Å². The molecule has 0 aromatic heterocycles. The largest absolute Gasteiger partial charge is 0.508 e. The lowest BCUT2D eigenvalue weighted by Gasteiger charge is -2.14. The highest BCUT2D eigenvalue weighted by Gasteiger charge is 2.26. The summed E-state index contributed by atoms with van der Waals surface area (Å²) in [6, 6.07) is 14.6. The van der Waals surface area contributed by atoms with Crippen molar-refractivity contribution in [2.75, 3.05) is 18.6 Å². The van der Waals surface area contributed by atoms with Gasteiger partial charge in [-0.15, -0.1) is 0 Å². The molecule has 0 bridgehead atoms. The number of rotatable bonds is 2. The first-order chi connectivity index (χ1) is 11.1. The number of para-hydroxylation sites is 1. The smallest absolute Gasteiger partial charge is 0.269 e. The number of phenols is 1. The zero-order valence-electron chi connectivity index (χ0n) is 13.3. The minimum absolute atomic E-state index is 0.0658. The van der Waals surface area contributed by atoms with E-state index in [2.05, 4.69) is 11.2 Å². The summed E-state index contributed by atoms with van der Waals surface area (Å²) >= 11 is 0. The number of nitrogens with two attached hydrogens (primary N) is 1. The van der Waals surface area contributed by atoms with Crippen molar-refractivity contribution in [2.24, 2.45) is 5.73 Å². The number of aromatic hydroxyl groups is 1. The quantitative estimate of drug-likeness (QED) is 0.743. The number of benzene rings is 2. The molecule has 0 saturated carbocycles. The first-order valence-electron chi connectivity index (χ1n) is 7.36. The molecule has 120 valence electrons. The molecule has 0 aliphatic carbocycles. The third-order valence-electron chi connectivity index (χ3n) is 3.51. The van der Waals surface area contributed by atoms with Crippen LogP contribution >= 0.6 is 0 Å². The Morgan fingerprint density at radius 1 is 1.17 bits per heavy atom. The highest BCUT2D eigenvalue weighted by Crippen LogP contribution is 2.23. The fourth-order valence-electron chi connectivity index (χ4n) is 2.32. The van der Waals surface area contributed by atoms with Crippen molar-refractivity contribution < 1.29 is 9.90 Å². The Morgan fingerprint density at radius 3 is 2.57 bits per heavy atom. The molecular formula is C18H21N3O2. The molecule has 1 aliphatic rings. The predicted molar refractivity (Wildman–Crippen MR) is 92.9 cm³/mol. The summed E-state index contributed by atoms with van der Waals surface area (Å²) in [6.45, 7) is 2.43. The minimum Gasteiger partial charge on any atom is -0.508 e. The van der Waals surface area contributed by atoms with Crippen LogP contribution in [0, 0.1) is 6.92 Å². The van der Waals surface area contributed by atoms with Crippen molar-refractivity contribution >= 4 is 17.7 Å². The van der Waals surface area contributed by atoms with Crippen LogP contribution in [0.25, 0.3) is 6.08 Å². The van der Waals surface area contributed by atoms with E-state index < -0.39 is 0 Å². The van der Waals surface area contributed by atoms with E-state index in [1.807, 2.05) is 49.4 Å². The molecule has 23 heavy (non-hydrogen) atoms. The molecule has 1 amide bonds. The van der Waals surface area contributed by atoms with Crippen molar-refractivity contribution in [1.82, 2.24) is 5.43 Å². The summed E-state index contributed by atoms with van der Waals surface area (Å²) in [4.78, 5) is 12.4. The van der Waals surface area contributed by atoms with Gasteiger partial charge in [-0.2, -0.15) is 0 Å². The van der Waals surface area contributed by atoms with Gasteiger partial charge >= 0.3 is 0 Å². The van der Waals surface area contributed by atoms with E-state index in [1.54, 1.807) is 17.1 Å². The number of carbonyl (C=O) groups excluding carboxylic acids is 1. The first-order valence-corrected chi connectivity index (χ1v) is 7.36. The monoisotopic (exact) mass is 311 g/mol. The minimum atomic E-state index is -0.0658. The van der Waals surface area contributed by atoms with Gasteiger partial charge in [0.2, 0.25) is 0 Å². The van der Waals surface area contributed by atoms with E-state index in [9.17, 15) is 9.90 Å². The molecule has 5 heteroatoms. The molecule has 1 saturated heterocycles. The van der Waals surface area contributed by atoms with Gasteiger partial charge < -0.3 is 10.8 Å². The molecule has 0 unspecified atom stereocenters. The summed E-state index contributed by atoms with van der Waals surface area (Å²) in [7, 11) is 1.50. The van der Waals surface area contributed by atoms with Crippen LogP contribution in [0.5, 0.6) is 5.75 Å². The van der Waals surface area contributed by atoms with Gasteiger partial charge in [0.1, 0.15) is 5.75 Å². The number of phenolic OH excluding ortho intramolecular Hbond substituents is 1. The third-order valence-corrected chi connectivity index (χ3v) is 3.51. The number of amides is 1. The Labute approximate surface area is 136 Å². The Balaban J connectivity index is 0.000000924. The molecule has 1 heterocycles. The fourth-order valence-corrected chi connectivity index (χ4v) is 2.32. The molecule has 5 nitrogen and oxygen atoms in total. The number of anilines is 1. The maximum atomic E-state index is 12.4. The molecular weight excluding hydrogens is 290 g/mol. The lowest BCUT2D eigenvalue weighted by molar-refractivity contribution is -0.114. The molecule has 1 aliphatic heterocycles. The van der Waals surface area contributed by atoms with Crippen LogP contribution in [0.1, 0.15) is 11.1 Å². The lowest BCUT2D eigenvalue weighted by Crippen LogP contribution is -2.33. The second-order valence-electron chi connectivity index (χ2n) is 5.02. The molecule has 4 N–H and O–H groups in total. The van der Waals surface area contributed by atoms with Crippen LogP contribution in [-0.2, 0) is 4.79 Å². The molecule has 2 aromatic carbocycles. The van der Waals surface area contributed by atoms with Crippen LogP contribution in [0.2, 0.25) is 0 Å². The van der Waals surface area contributed by atoms with E-state index >= 15 is 0 Å². The average molecular weight is 311 g/mol. The summed E-state index contributed by atoms with van der Waals surface area (Å²) in [6.07, 6.45) is 1.83. The van der Waals surface area contributed by atoms with E-state index in [1.165, 1.54) is 7.05 Å². The Morgan fingerprint density at radius 2 is 1.87 bits per heavy atom. The van der Waals surface area contributed by atoms with Gasteiger partial charge in [-0.05, 0) is 55.4 Å². The second-order valence-corrected chi connectivity index (χ2v) is 5.02. The van der Waals surface area contributed by atoms with Crippen molar-refractivity contribution in [2.45, 2.75) is 6.92 Å². The maximum absolute atomic E-state index is 12.4. The SMILES string of the molecule is CN.Cc1ccc(O)cc1/C=C1/CNN(c2ccccc2)C1=O. The van der Waals surface area contributed by atoms with E-state index in [-0.39, 0.29) is 11.7 Å². The van der Waals surface area contributed by atoms with E-state index in [4.69, 9.17) is 0 Å². The lowest BCUT2D eigenvalue weighted by atomic mass is 10.1. The van der Waals surface area contributed by atoms with Crippen molar-refractivity contribution in [3.05, 3.63) is 65.2 Å². The summed E-state index contributed by atoms with van der Waals surface area (Å²) in [5, 5.41) is 11.1. The van der Waals surface area contributed by atoms with E-state index in [0.29, 0.717) is 12.1 Å². The normalized spacial score (nSPS) is 15.5. The zero-order chi connectivity index (χ0) is 16.8. The van der Waals surface area contributed by atoms with Crippen LogP contribution in [0.15, 0.2) is 54.1 Å². The Hall–Kier alpha value is -2.63. The number of hydrogen-bond acceptors (Lipinski definition) is 4. The highest BCUT2D eigenvalue weighted by atomic mass is 16.3. The number of nitrogens with one attached hydrogen (secondary N) is 1. The van der Waals surface area contributed by atoms with Crippen LogP contribution in [-0.4, -0.2) is 24.6 Å². The molecule has 1 fully saturated rings. The number of carbonyl (C=O) groups is 1. The topological polar surface area (TPSA) is 78.6 Å². The number of hydrazine groups is 1. The van der Waals surface area contributed by atoms with Gasteiger partial charge in [-0.3, -0.25) is 4.79 Å². The highest BCUT2D eigenvalue weighted by molar-refractivity contribution is 6.10. The van der Waals surface area contributed by atoms with Gasteiger partial charge in [0.25, 0.3) is 5.91 Å². The Bertz CT molecular complexity index is 711. The van der Waals surface area contributed by atoms with Gasteiger partial charge in [-0.1, -0.05) is 24.3 Å². The third kappa shape index (κ3) is 3.77. The van der Waals surface area contributed by atoms with E-state index in [0.717, 1.165) is 16.8 Å². The molecule has 0 radical (unpaired) electrons. The summed E-state index contributed by atoms with van der Waals surface area (Å²) in [5.74, 6) is 0.134. The fraction of sp³-hybridized carbons (Fsp3) is 0.167. The van der Waals surface area contributed by atoms with Gasteiger partial charge in [0.05, 0.1) is 5.69 Å². The summed E-state index contributed by atoms with van der Waals surface area (Å²) in [5.41, 5.74) is 10.9. The van der Waals surface area contributed by atoms with Crippen molar-refractivity contribution in [3.63, 3.8) is 0 Å². The average Bonchev–Trinajstić information content (AvgIpc) is 2.94. The maximum Gasteiger partial charge on any atom is 0.269 e. The molecule has 2 aromatic rings. The van der Waals surface area contributed by atoms with Crippen molar-refractivity contribution in [1.29, 1.82) is 0 Å². The number of nitrogens with zero attached hydrogens (tertiary/aromatic N) is 1. The van der Waals surface area contributed by atoms with Crippen molar-refractivity contribution in [3.8, 4) is 5.75 Å². The second kappa shape index (κ2) is 7.58.